The summed E-state index contributed by atoms with van der Waals surface area (Å²) in [5, 5.41) is 11.5. The van der Waals surface area contributed by atoms with Crippen molar-refractivity contribution in [2.24, 2.45) is 0 Å². The summed E-state index contributed by atoms with van der Waals surface area (Å²) in [6.45, 7) is 0. The first-order valence-electron chi connectivity index (χ1n) is 4.82. The van der Waals surface area contributed by atoms with Crippen LogP contribution >= 0.6 is 22.9 Å². The number of aromatic carboxylic acids is 1. The molecule has 0 aromatic carbocycles. The molecule has 2 aromatic heterocycles. The van der Waals surface area contributed by atoms with E-state index in [9.17, 15) is 9.59 Å². The molecule has 92 valence electrons. The number of halogens is 1. The number of anilines is 1. The van der Waals surface area contributed by atoms with Crippen molar-refractivity contribution in [3.8, 4) is 0 Å². The Morgan fingerprint density at radius 3 is 2.72 bits per heavy atom. The maximum Gasteiger partial charge on any atom is 0.339 e. The lowest BCUT2D eigenvalue weighted by Gasteiger charge is -2.06. The van der Waals surface area contributed by atoms with Crippen molar-refractivity contribution in [2.45, 2.75) is 0 Å². The van der Waals surface area contributed by atoms with Gasteiger partial charge in [0.15, 0.2) is 0 Å². The van der Waals surface area contributed by atoms with Gasteiger partial charge in [-0.25, -0.2) is 4.79 Å². The molecule has 7 heteroatoms. The highest BCUT2D eigenvalue weighted by molar-refractivity contribution is 7.18. The molecule has 1 amide bonds. The topological polar surface area (TPSA) is 79.3 Å². The van der Waals surface area contributed by atoms with Crippen LogP contribution in [0, 0.1) is 0 Å². The highest BCUT2D eigenvalue weighted by Crippen LogP contribution is 2.23. The maximum atomic E-state index is 11.8. The van der Waals surface area contributed by atoms with Crippen molar-refractivity contribution < 1.29 is 14.7 Å². The number of nitrogens with one attached hydrogen (secondary N) is 1. The van der Waals surface area contributed by atoms with Crippen LogP contribution in [-0.4, -0.2) is 22.0 Å². The van der Waals surface area contributed by atoms with Gasteiger partial charge in [0.2, 0.25) is 0 Å². The molecule has 2 heterocycles. The van der Waals surface area contributed by atoms with Gasteiger partial charge in [-0.1, -0.05) is 11.6 Å². The van der Waals surface area contributed by atoms with Crippen LogP contribution in [0.1, 0.15) is 20.0 Å². The molecule has 0 spiro atoms. The molecule has 2 N–H and O–H groups in total. The molecule has 0 saturated heterocycles. The van der Waals surface area contributed by atoms with E-state index in [0.29, 0.717) is 9.21 Å². The predicted octanol–water partition coefficient (Wildman–Crippen LogP) is 2.75. The van der Waals surface area contributed by atoms with Crippen LogP contribution in [-0.2, 0) is 0 Å². The van der Waals surface area contributed by atoms with E-state index >= 15 is 0 Å². The van der Waals surface area contributed by atoms with Crippen molar-refractivity contribution in [3.63, 3.8) is 0 Å². The van der Waals surface area contributed by atoms with Crippen LogP contribution in [0.5, 0.6) is 0 Å². The van der Waals surface area contributed by atoms with Crippen LogP contribution in [0.15, 0.2) is 30.6 Å². The quantitative estimate of drug-likeness (QED) is 0.907. The van der Waals surface area contributed by atoms with Crippen LogP contribution in [0.4, 0.5) is 5.69 Å². The highest BCUT2D eigenvalue weighted by atomic mass is 35.5. The maximum absolute atomic E-state index is 11.8. The first-order chi connectivity index (χ1) is 8.58. The number of hydrogen-bond acceptors (Lipinski definition) is 4. The summed E-state index contributed by atoms with van der Waals surface area (Å²) in [6.07, 6.45) is 2.59. The third-order valence-corrected chi connectivity index (χ3v) is 3.33. The fourth-order valence-electron chi connectivity index (χ4n) is 1.29. The number of carbonyl (C=O) groups is 2. The van der Waals surface area contributed by atoms with E-state index < -0.39 is 11.9 Å². The van der Waals surface area contributed by atoms with E-state index in [1.54, 1.807) is 12.1 Å². The number of carboxylic acids is 1. The minimum atomic E-state index is -1.15. The zero-order valence-corrected chi connectivity index (χ0v) is 10.5. The zero-order valence-electron chi connectivity index (χ0n) is 8.88. The van der Waals surface area contributed by atoms with Gasteiger partial charge in [-0.2, -0.15) is 0 Å². The fraction of sp³-hybridized carbons (Fsp3) is 0. The van der Waals surface area contributed by atoms with Gasteiger partial charge in [-0.3, -0.25) is 9.78 Å². The second-order valence-corrected chi connectivity index (χ2v) is 5.00. The van der Waals surface area contributed by atoms with Gasteiger partial charge in [-0.05, 0) is 18.2 Å². The molecule has 5 nitrogen and oxygen atoms in total. The summed E-state index contributed by atoms with van der Waals surface area (Å²) in [5.41, 5.74) is 0.139. The van der Waals surface area contributed by atoms with Crippen molar-refractivity contribution >= 4 is 40.5 Å². The van der Waals surface area contributed by atoms with Gasteiger partial charge in [0, 0.05) is 12.4 Å². The molecule has 0 aliphatic heterocycles. The monoisotopic (exact) mass is 282 g/mol. The van der Waals surface area contributed by atoms with Crippen LogP contribution < -0.4 is 5.32 Å². The zero-order chi connectivity index (χ0) is 13.1. The molecule has 0 bridgehead atoms. The Morgan fingerprint density at radius 2 is 2.11 bits per heavy atom. The normalized spacial score (nSPS) is 10.1. The second kappa shape index (κ2) is 5.16. The van der Waals surface area contributed by atoms with Crippen molar-refractivity contribution in [2.75, 3.05) is 5.32 Å². The van der Waals surface area contributed by atoms with E-state index in [4.69, 9.17) is 16.7 Å². The molecule has 0 atom stereocenters. The lowest BCUT2D eigenvalue weighted by Crippen LogP contribution is -2.13. The summed E-state index contributed by atoms with van der Waals surface area (Å²) in [4.78, 5) is 26.9. The van der Waals surface area contributed by atoms with Gasteiger partial charge >= 0.3 is 5.97 Å². The number of carbonyl (C=O) groups excluding carboxylic acids is 1. The summed E-state index contributed by atoms with van der Waals surface area (Å²) in [7, 11) is 0. The van der Waals surface area contributed by atoms with E-state index in [2.05, 4.69) is 10.3 Å². The molecule has 0 unspecified atom stereocenters. The number of amides is 1. The number of rotatable bonds is 3. The van der Waals surface area contributed by atoms with E-state index in [-0.39, 0.29) is 11.3 Å². The number of aromatic nitrogens is 1. The SMILES string of the molecule is O=C(Nc1ccncc1C(=O)O)c1ccc(Cl)s1. The number of hydrogen-bond donors (Lipinski definition) is 2. The Labute approximate surface area is 111 Å². The number of thiophene rings is 1. The standard InChI is InChI=1S/C11H7ClN2O3S/c12-9-2-1-8(18-9)10(15)14-7-3-4-13-5-6(7)11(16)17/h1-5H,(H,16,17)(H,13,14,15). The summed E-state index contributed by atoms with van der Waals surface area (Å²) < 4.78 is 0.494. The van der Waals surface area contributed by atoms with E-state index in [0.717, 1.165) is 11.3 Å². The average molecular weight is 283 g/mol. The van der Waals surface area contributed by atoms with Crippen LogP contribution in [0.3, 0.4) is 0 Å². The largest absolute Gasteiger partial charge is 0.478 e. The summed E-state index contributed by atoms with van der Waals surface area (Å²) >= 11 is 6.84. The van der Waals surface area contributed by atoms with Gasteiger partial charge < -0.3 is 10.4 Å². The van der Waals surface area contributed by atoms with E-state index in [1.165, 1.54) is 18.5 Å². The Bertz CT molecular complexity index is 612. The summed E-state index contributed by atoms with van der Waals surface area (Å²) in [6, 6.07) is 4.60. The number of pyridine rings is 1. The van der Waals surface area contributed by atoms with Gasteiger partial charge in [0.25, 0.3) is 5.91 Å². The Morgan fingerprint density at radius 1 is 1.33 bits per heavy atom. The molecule has 0 aliphatic carbocycles. The van der Waals surface area contributed by atoms with Crippen molar-refractivity contribution in [3.05, 3.63) is 45.4 Å². The Kier molecular flexibility index (Phi) is 3.59. The lowest BCUT2D eigenvalue weighted by atomic mass is 10.2. The summed E-state index contributed by atoms with van der Waals surface area (Å²) in [5.74, 6) is -1.55. The van der Waals surface area contributed by atoms with Gasteiger partial charge in [0.05, 0.1) is 14.9 Å². The second-order valence-electron chi connectivity index (χ2n) is 3.28. The van der Waals surface area contributed by atoms with Gasteiger partial charge in [-0.15, -0.1) is 11.3 Å². The van der Waals surface area contributed by atoms with Crippen molar-refractivity contribution in [1.82, 2.24) is 4.98 Å². The first kappa shape index (κ1) is 12.5. The fourth-order valence-corrected chi connectivity index (χ4v) is 2.23. The predicted molar refractivity (Wildman–Crippen MR) is 68.5 cm³/mol. The average Bonchev–Trinajstić information content (AvgIpc) is 2.76. The highest BCUT2D eigenvalue weighted by Gasteiger charge is 2.14. The Hall–Kier alpha value is -1.92. The molecule has 0 saturated carbocycles. The number of nitrogens with zero attached hydrogens (tertiary/aromatic N) is 1. The van der Waals surface area contributed by atoms with E-state index in [1.807, 2.05) is 0 Å². The van der Waals surface area contributed by atoms with Crippen LogP contribution in [0.2, 0.25) is 4.34 Å². The molecule has 0 aliphatic rings. The Balaban J connectivity index is 2.24. The molecule has 2 rings (SSSR count). The molecular formula is C11H7ClN2O3S. The molecule has 2 aromatic rings. The van der Waals surface area contributed by atoms with Crippen molar-refractivity contribution in [1.29, 1.82) is 0 Å². The minimum absolute atomic E-state index is 0.0616. The van der Waals surface area contributed by atoms with Crippen LogP contribution in [0.25, 0.3) is 0 Å². The number of carboxylic acid groups (broad SMARTS) is 1. The molecule has 0 radical (unpaired) electrons. The first-order valence-corrected chi connectivity index (χ1v) is 6.01. The molecule has 0 fully saturated rings. The smallest absolute Gasteiger partial charge is 0.339 e. The minimum Gasteiger partial charge on any atom is -0.478 e. The molecular weight excluding hydrogens is 276 g/mol. The third kappa shape index (κ3) is 2.66. The lowest BCUT2D eigenvalue weighted by molar-refractivity contribution is 0.0697. The third-order valence-electron chi connectivity index (χ3n) is 2.10. The molecule has 18 heavy (non-hydrogen) atoms. The van der Waals surface area contributed by atoms with Gasteiger partial charge in [0.1, 0.15) is 5.56 Å².